The summed E-state index contributed by atoms with van der Waals surface area (Å²) < 4.78 is 0. The molecule has 3 aromatic rings. The van der Waals surface area contributed by atoms with Crippen molar-refractivity contribution in [2.45, 2.75) is 26.9 Å². The molecule has 0 amide bonds. The van der Waals surface area contributed by atoms with Crippen LogP contribution in [0.2, 0.25) is 0 Å². The third-order valence-electron chi connectivity index (χ3n) is 5.46. The van der Waals surface area contributed by atoms with Gasteiger partial charge in [-0.3, -0.25) is 0 Å². The summed E-state index contributed by atoms with van der Waals surface area (Å²) in [6, 6.07) is 23.6. The highest BCUT2D eigenvalue weighted by atomic mass is 15.6. The second kappa shape index (κ2) is 5.46. The first-order valence-corrected chi connectivity index (χ1v) is 9.09. The largest absolute Gasteiger partial charge is 0.301 e. The maximum absolute atomic E-state index is 5.08. The summed E-state index contributed by atoms with van der Waals surface area (Å²) in [6.45, 7) is 6.56. The van der Waals surface area contributed by atoms with Gasteiger partial charge in [0.2, 0.25) is 0 Å². The number of hydrogen-bond acceptors (Lipinski definition) is 3. The lowest BCUT2D eigenvalue weighted by Crippen LogP contribution is -2.42. The van der Waals surface area contributed by atoms with E-state index in [0.29, 0.717) is 0 Å². The van der Waals surface area contributed by atoms with Crippen LogP contribution >= 0.6 is 0 Å². The van der Waals surface area contributed by atoms with Gasteiger partial charge in [0, 0.05) is 11.1 Å². The number of para-hydroxylation sites is 2. The Morgan fingerprint density at radius 2 is 1.38 bits per heavy atom. The fourth-order valence-corrected chi connectivity index (χ4v) is 4.18. The van der Waals surface area contributed by atoms with E-state index in [2.05, 4.69) is 97.4 Å². The molecule has 26 heavy (non-hydrogen) atoms. The van der Waals surface area contributed by atoms with Crippen LogP contribution in [0.5, 0.6) is 0 Å². The van der Waals surface area contributed by atoms with Crippen LogP contribution in [-0.4, -0.2) is 12.0 Å². The predicted octanol–water partition coefficient (Wildman–Crippen LogP) is 5.32. The monoisotopic (exact) mass is 339 g/mol. The minimum Gasteiger partial charge on any atom is -0.301 e. The van der Waals surface area contributed by atoms with Gasteiger partial charge in [0.1, 0.15) is 6.17 Å². The van der Waals surface area contributed by atoms with E-state index in [1.54, 1.807) is 0 Å². The minimum absolute atomic E-state index is 0.124. The van der Waals surface area contributed by atoms with E-state index in [-0.39, 0.29) is 6.17 Å². The van der Waals surface area contributed by atoms with Crippen molar-refractivity contribution in [2.75, 3.05) is 9.91 Å². The number of hydrazone groups is 1. The number of benzene rings is 3. The number of hydrogen-bond donors (Lipinski definition) is 0. The second-order valence-corrected chi connectivity index (χ2v) is 7.07. The van der Waals surface area contributed by atoms with Gasteiger partial charge in [-0.15, -0.1) is 0 Å². The molecule has 3 nitrogen and oxygen atoms in total. The molecule has 2 aliphatic heterocycles. The summed E-state index contributed by atoms with van der Waals surface area (Å²) in [4.78, 5) is 2.39. The van der Waals surface area contributed by atoms with Crippen molar-refractivity contribution in [1.82, 2.24) is 0 Å². The van der Waals surface area contributed by atoms with Gasteiger partial charge in [-0.2, -0.15) is 5.10 Å². The van der Waals surface area contributed by atoms with Crippen molar-refractivity contribution in [2.24, 2.45) is 5.10 Å². The zero-order valence-electron chi connectivity index (χ0n) is 15.3. The van der Waals surface area contributed by atoms with Gasteiger partial charge in [-0.05, 0) is 43.5 Å². The summed E-state index contributed by atoms with van der Waals surface area (Å²) in [5.74, 6) is 1.04. The van der Waals surface area contributed by atoms with Gasteiger partial charge in [0.15, 0.2) is 5.84 Å². The van der Waals surface area contributed by atoms with E-state index >= 15 is 0 Å². The van der Waals surface area contributed by atoms with E-state index in [0.717, 1.165) is 11.5 Å². The van der Waals surface area contributed by atoms with Crippen molar-refractivity contribution < 1.29 is 0 Å². The topological polar surface area (TPSA) is 18.8 Å². The molecule has 5 rings (SSSR count). The van der Waals surface area contributed by atoms with Crippen molar-refractivity contribution in [1.29, 1.82) is 0 Å². The standard InChI is InChI=1S/C23H21N3/c1-15-9-4-7-14-21(15)26-17(3)25-22-16(2)10-8-13-19(22)18-11-5-6-12-20(18)23(25)24-26/h4-14,17H,1-3H3. The van der Waals surface area contributed by atoms with E-state index in [1.165, 1.54) is 33.5 Å². The Hall–Kier alpha value is -3.07. The SMILES string of the molecule is Cc1ccccc1N1N=C2c3ccccc3-c3cccc(C)c3N2C1C. The van der Waals surface area contributed by atoms with Gasteiger partial charge in [0.25, 0.3) is 0 Å². The number of rotatable bonds is 1. The van der Waals surface area contributed by atoms with E-state index < -0.39 is 0 Å². The van der Waals surface area contributed by atoms with Gasteiger partial charge >= 0.3 is 0 Å². The van der Waals surface area contributed by atoms with Crippen LogP contribution in [0.4, 0.5) is 11.4 Å². The molecular weight excluding hydrogens is 318 g/mol. The van der Waals surface area contributed by atoms with E-state index in [4.69, 9.17) is 5.10 Å². The van der Waals surface area contributed by atoms with Crippen molar-refractivity contribution in [3.8, 4) is 11.1 Å². The van der Waals surface area contributed by atoms with E-state index in [1.807, 2.05) is 0 Å². The quantitative estimate of drug-likeness (QED) is 0.597. The lowest BCUT2D eigenvalue weighted by Gasteiger charge is -2.35. The maximum atomic E-state index is 5.08. The van der Waals surface area contributed by atoms with E-state index in [9.17, 15) is 0 Å². The Balaban J connectivity index is 1.77. The third-order valence-corrected chi connectivity index (χ3v) is 5.46. The fourth-order valence-electron chi connectivity index (χ4n) is 4.18. The zero-order chi connectivity index (χ0) is 17.8. The van der Waals surface area contributed by atoms with Gasteiger partial charge in [-0.25, -0.2) is 5.01 Å². The summed E-state index contributed by atoms with van der Waals surface area (Å²) in [5, 5.41) is 7.24. The molecule has 0 bridgehead atoms. The molecule has 128 valence electrons. The molecule has 0 N–H and O–H groups in total. The summed E-state index contributed by atoms with van der Waals surface area (Å²) in [7, 11) is 0. The fraction of sp³-hybridized carbons (Fsp3) is 0.174. The van der Waals surface area contributed by atoms with Crippen LogP contribution in [0.15, 0.2) is 71.8 Å². The maximum Gasteiger partial charge on any atom is 0.163 e. The van der Waals surface area contributed by atoms with Gasteiger partial charge < -0.3 is 4.90 Å². The molecule has 2 aliphatic rings. The minimum atomic E-state index is 0.124. The first-order valence-electron chi connectivity index (χ1n) is 9.09. The predicted molar refractivity (Wildman–Crippen MR) is 109 cm³/mol. The molecule has 1 atom stereocenters. The van der Waals surface area contributed by atoms with Gasteiger partial charge in [0.05, 0.1) is 11.4 Å². The molecule has 2 heterocycles. The molecule has 0 radical (unpaired) electrons. The van der Waals surface area contributed by atoms with Crippen molar-refractivity contribution in [3.05, 3.63) is 83.4 Å². The number of aryl methyl sites for hydroxylation is 2. The molecule has 0 aliphatic carbocycles. The van der Waals surface area contributed by atoms with Crippen LogP contribution in [0.25, 0.3) is 11.1 Å². The highest BCUT2D eigenvalue weighted by Crippen LogP contribution is 2.45. The molecule has 1 unspecified atom stereocenters. The average Bonchev–Trinajstić information content (AvgIpc) is 3.00. The first-order chi connectivity index (χ1) is 12.7. The third kappa shape index (κ3) is 1.97. The summed E-state index contributed by atoms with van der Waals surface area (Å²) in [5.41, 5.74) is 8.71. The van der Waals surface area contributed by atoms with Crippen LogP contribution in [0, 0.1) is 13.8 Å². The Morgan fingerprint density at radius 1 is 0.731 bits per heavy atom. The van der Waals surface area contributed by atoms with Crippen LogP contribution in [0.1, 0.15) is 23.6 Å². The lowest BCUT2D eigenvalue weighted by atomic mass is 9.90. The Labute approximate surface area is 154 Å². The molecule has 0 spiro atoms. The lowest BCUT2D eigenvalue weighted by molar-refractivity contribution is 0.714. The van der Waals surface area contributed by atoms with Crippen LogP contribution in [-0.2, 0) is 0 Å². The van der Waals surface area contributed by atoms with Crippen LogP contribution < -0.4 is 9.91 Å². The molecule has 0 aromatic heterocycles. The molecule has 0 fully saturated rings. The molecule has 3 aromatic carbocycles. The molecular formula is C23H21N3. The number of fused-ring (bicyclic) bond motifs is 6. The van der Waals surface area contributed by atoms with Gasteiger partial charge in [-0.1, -0.05) is 60.7 Å². The second-order valence-electron chi connectivity index (χ2n) is 7.07. The molecule has 0 saturated carbocycles. The van der Waals surface area contributed by atoms with Crippen molar-refractivity contribution >= 4 is 17.2 Å². The number of anilines is 2. The summed E-state index contributed by atoms with van der Waals surface area (Å²) in [6.07, 6.45) is 0.124. The zero-order valence-corrected chi connectivity index (χ0v) is 15.3. The smallest absolute Gasteiger partial charge is 0.163 e. The van der Waals surface area contributed by atoms with Crippen molar-refractivity contribution in [3.63, 3.8) is 0 Å². The number of nitrogens with zero attached hydrogens (tertiary/aromatic N) is 3. The number of amidine groups is 1. The Bertz CT molecular complexity index is 1050. The normalized spacial score (nSPS) is 17.5. The highest BCUT2D eigenvalue weighted by molar-refractivity contribution is 6.21. The molecule has 0 saturated heterocycles. The first kappa shape index (κ1) is 15.2. The Morgan fingerprint density at radius 3 is 2.19 bits per heavy atom. The molecule has 3 heteroatoms. The Kier molecular flexibility index (Phi) is 3.20. The summed E-state index contributed by atoms with van der Waals surface area (Å²) >= 11 is 0. The highest BCUT2D eigenvalue weighted by Gasteiger charge is 2.39. The average molecular weight is 339 g/mol. The van der Waals surface area contributed by atoms with Crippen LogP contribution in [0.3, 0.4) is 0 Å².